The highest BCUT2D eigenvalue weighted by Crippen LogP contribution is 2.15. The topological polar surface area (TPSA) is 47.6 Å². The van der Waals surface area contributed by atoms with Crippen LogP contribution in [0.2, 0.25) is 0 Å². The number of hydrazine groups is 1. The number of hydrogen-bond donors (Lipinski definition) is 2. The van der Waals surface area contributed by atoms with E-state index in [-0.39, 0.29) is 11.8 Å². The molecule has 5 nitrogen and oxygen atoms in total. The highest BCUT2D eigenvalue weighted by Gasteiger charge is 2.30. The zero-order valence-electron chi connectivity index (χ0n) is 10.2. The molecule has 1 amide bonds. The van der Waals surface area contributed by atoms with Crippen molar-refractivity contribution in [1.29, 1.82) is 0 Å². The third-order valence-electron chi connectivity index (χ3n) is 3.63. The van der Waals surface area contributed by atoms with Crippen molar-refractivity contribution in [3.63, 3.8) is 0 Å². The van der Waals surface area contributed by atoms with E-state index in [4.69, 9.17) is 0 Å². The summed E-state index contributed by atoms with van der Waals surface area (Å²) in [6, 6.07) is 0. The number of carbonyl (C=O) groups excluding carboxylic acids is 1. The van der Waals surface area contributed by atoms with Crippen molar-refractivity contribution in [1.82, 2.24) is 20.7 Å². The minimum atomic E-state index is 0.139. The molecule has 5 heteroatoms. The molecule has 2 atom stereocenters. The van der Waals surface area contributed by atoms with E-state index in [9.17, 15) is 4.79 Å². The molecule has 2 aliphatic rings. The number of nitrogens with zero attached hydrogens (tertiary/aromatic N) is 2. The molecule has 0 saturated carbocycles. The van der Waals surface area contributed by atoms with Crippen LogP contribution in [0.25, 0.3) is 0 Å². The monoisotopic (exact) mass is 226 g/mol. The summed E-state index contributed by atoms with van der Waals surface area (Å²) in [7, 11) is 2.11. The molecule has 0 aromatic rings. The van der Waals surface area contributed by atoms with Crippen molar-refractivity contribution in [2.24, 2.45) is 11.8 Å². The third kappa shape index (κ3) is 2.72. The molecular weight excluding hydrogens is 204 g/mol. The number of piperazine rings is 1. The van der Waals surface area contributed by atoms with E-state index in [1.165, 1.54) is 0 Å². The van der Waals surface area contributed by atoms with Gasteiger partial charge < -0.3 is 10.2 Å². The summed E-state index contributed by atoms with van der Waals surface area (Å²) < 4.78 is 0. The normalized spacial score (nSPS) is 32.9. The Morgan fingerprint density at radius 2 is 1.94 bits per heavy atom. The molecule has 92 valence electrons. The van der Waals surface area contributed by atoms with Gasteiger partial charge in [-0.15, -0.1) is 0 Å². The Kier molecular flexibility index (Phi) is 3.78. The second kappa shape index (κ2) is 5.12. The summed E-state index contributed by atoms with van der Waals surface area (Å²) in [6.45, 7) is 7.82. The van der Waals surface area contributed by atoms with Crippen LogP contribution in [0.1, 0.15) is 6.92 Å². The highest BCUT2D eigenvalue weighted by molar-refractivity contribution is 5.79. The number of likely N-dealkylation sites (N-methyl/N-ethyl adjacent to an activating group) is 1. The van der Waals surface area contributed by atoms with Crippen LogP contribution in [0.4, 0.5) is 0 Å². The van der Waals surface area contributed by atoms with E-state index in [1.54, 1.807) is 0 Å². The maximum absolute atomic E-state index is 12.0. The van der Waals surface area contributed by atoms with E-state index in [0.29, 0.717) is 5.92 Å². The molecule has 0 bridgehead atoms. The van der Waals surface area contributed by atoms with Crippen molar-refractivity contribution >= 4 is 5.91 Å². The molecule has 16 heavy (non-hydrogen) atoms. The number of carbonyl (C=O) groups is 1. The van der Waals surface area contributed by atoms with Gasteiger partial charge in [-0.05, 0) is 19.5 Å². The van der Waals surface area contributed by atoms with E-state index in [0.717, 1.165) is 39.3 Å². The Morgan fingerprint density at radius 3 is 2.50 bits per heavy atom. The maximum atomic E-state index is 12.0. The molecule has 2 N–H and O–H groups in total. The quantitative estimate of drug-likeness (QED) is 0.642. The largest absolute Gasteiger partial charge is 0.316 e. The van der Waals surface area contributed by atoms with Crippen LogP contribution in [-0.2, 0) is 4.79 Å². The van der Waals surface area contributed by atoms with Crippen LogP contribution >= 0.6 is 0 Å². The number of nitrogens with one attached hydrogen (secondary N) is 2. The molecule has 2 rings (SSSR count). The van der Waals surface area contributed by atoms with Crippen molar-refractivity contribution in [2.45, 2.75) is 6.92 Å². The number of amides is 1. The van der Waals surface area contributed by atoms with E-state index >= 15 is 0 Å². The maximum Gasteiger partial charge on any atom is 0.238 e. The Hall–Kier alpha value is -0.650. The fourth-order valence-electron chi connectivity index (χ4n) is 2.32. The van der Waals surface area contributed by atoms with Gasteiger partial charge in [-0.1, -0.05) is 6.92 Å². The smallest absolute Gasteiger partial charge is 0.238 e. The van der Waals surface area contributed by atoms with Crippen LogP contribution < -0.4 is 10.7 Å². The lowest BCUT2D eigenvalue weighted by Crippen LogP contribution is -2.54. The minimum Gasteiger partial charge on any atom is -0.316 e. The Bertz CT molecular complexity index is 250. The van der Waals surface area contributed by atoms with Crippen LogP contribution in [0.5, 0.6) is 0 Å². The summed E-state index contributed by atoms with van der Waals surface area (Å²) in [5, 5.41) is 5.31. The molecule has 2 saturated heterocycles. The van der Waals surface area contributed by atoms with E-state index < -0.39 is 0 Å². The molecule has 0 aromatic carbocycles. The van der Waals surface area contributed by atoms with Gasteiger partial charge in [0.05, 0.1) is 5.92 Å². The highest BCUT2D eigenvalue weighted by atomic mass is 16.2. The van der Waals surface area contributed by atoms with Crippen molar-refractivity contribution in [3.05, 3.63) is 0 Å². The van der Waals surface area contributed by atoms with E-state index in [2.05, 4.69) is 29.6 Å². The lowest BCUT2D eigenvalue weighted by molar-refractivity contribution is -0.131. The summed E-state index contributed by atoms with van der Waals surface area (Å²) in [4.78, 5) is 14.3. The van der Waals surface area contributed by atoms with Crippen LogP contribution in [0.3, 0.4) is 0 Å². The second-order valence-corrected chi connectivity index (χ2v) is 5.01. The molecule has 0 aromatic heterocycles. The molecule has 2 fully saturated rings. The predicted octanol–water partition coefficient (Wildman–Crippen LogP) is -0.879. The molecule has 0 spiro atoms. The summed E-state index contributed by atoms with van der Waals surface area (Å²) in [5.41, 5.74) is 3.04. The Balaban J connectivity index is 1.78. The van der Waals surface area contributed by atoms with Gasteiger partial charge in [0.25, 0.3) is 0 Å². The first kappa shape index (κ1) is 11.8. The van der Waals surface area contributed by atoms with Gasteiger partial charge in [-0.3, -0.25) is 10.2 Å². The number of rotatable bonds is 2. The van der Waals surface area contributed by atoms with E-state index in [1.807, 2.05) is 5.01 Å². The molecule has 0 radical (unpaired) electrons. The van der Waals surface area contributed by atoms with Crippen molar-refractivity contribution in [3.8, 4) is 0 Å². The zero-order chi connectivity index (χ0) is 11.5. The molecule has 2 heterocycles. The van der Waals surface area contributed by atoms with Crippen LogP contribution in [0.15, 0.2) is 0 Å². The van der Waals surface area contributed by atoms with Gasteiger partial charge in [-0.2, -0.15) is 0 Å². The molecular formula is C11H22N4O. The summed E-state index contributed by atoms with van der Waals surface area (Å²) >= 11 is 0. The zero-order valence-corrected chi connectivity index (χ0v) is 10.2. The fourth-order valence-corrected chi connectivity index (χ4v) is 2.32. The lowest BCUT2D eigenvalue weighted by atomic mass is 9.98. The first-order chi connectivity index (χ1) is 7.66. The van der Waals surface area contributed by atoms with Gasteiger partial charge in [0.1, 0.15) is 0 Å². The van der Waals surface area contributed by atoms with Crippen molar-refractivity contribution < 1.29 is 4.79 Å². The second-order valence-electron chi connectivity index (χ2n) is 5.01. The standard InChI is InChI=1S/C11H22N4O/c1-9-7-12-8-10(9)11(16)13-15-5-3-14(2)4-6-15/h9-10,12H,3-8H2,1-2H3,(H,13,16). The molecule has 0 aliphatic carbocycles. The summed E-state index contributed by atoms with van der Waals surface area (Å²) in [6.07, 6.45) is 0. The SMILES string of the molecule is CC1CNCC1C(=O)NN1CCN(C)CC1. The van der Waals surface area contributed by atoms with Gasteiger partial charge >= 0.3 is 0 Å². The molecule has 2 unspecified atom stereocenters. The predicted molar refractivity (Wildman–Crippen MR) is 62.7 cm³/mol. The first-order valence-electron chi connectivity index (χ1n) is 6.11. The van der Waals surface area contributed by atoms with Gasteiger partial charge in [0, 0.05) is 32.7 Å². The van der Waals surface area contributed by atoms with Crippen LogP contribution in [-0.4, -0.2) is 62.1 Å². The minimum absolute atomic E-state index is 0.139. The molecule has 2 aliphatic heterocycles. The van der Waals surface area contributed by atoms with Crippen molar-refractivity contribution in [2.75, 3.05) is 46.3 Å². The Morgan fingerprint density at radius 1 is 1.25 bits per heavy atom. The fraction of sp³-hybridized carbons (Fsp3) is 0.909. The lowest BCUT2D eigenvalue weighted by Gasteiger charge is -2.33. The Labute approximate surface area is 97.1 Å². The third-order valence-corrected chi connectivity index (χ3v) is 3.63. The average molecular weight is 226 g/mol. The van der Waals surface area contributed by atoms with Crippen LogP contribution in [0, 0.1) is 11.8 Å². The van der Waals surface area contributed by atoms with Gasteiger partial charge in [0.2, 0.25) is 5.91 Å². The van der Waals surface area contributed by atoms with Gasteiger partial charge in [-0.25, -0.2) is 5.01 Å². The summed E-state index contributed by atoms with van der Waals surface area (Å²) in [5.74, 6) is 0.772. The average Bonchev–Trinajstić information content (AvgIpc) is 2.68. The number of hydrogen-bond acceptors (Lipinski definition) is 4. The van der Waals surface area contributed by atoms with Gasteiger partial charge in [0.15, 0.2) is 0 Å². The first-order valence-corrected chi connectivity index (χ1v) is 6.11.